The number of rotatable bonds is 6. The van der Waals surface area contributed by atoms with Crippen LogP contribution in [0.4, 0.5) is 5.69 Å². The van der Waals surface area contributed by atoms with Gasteiger partial charge in [-0.05, 0) is 31.0 Å². The van der Waals surface area contributed by atoms with Gasteiger partial charge in [0.15, 0.2) is 0 Å². The van der Waals surface area contributed by atoms with Crippen LogP contribution in [0.2, 0.25) is 0 Å². The van der Waals surface area contributed by atoms with Crippen LogP contribution in [0.5, 0.6) is 0 Å². The molecule has 0 saturated carbocycles. The normalized spacial score (nSPS) is 12.5. The molecule has 96 valence electrons. The summed E-state index contributed by atoms with van der Waals surface area (Å²) in [4.78, 5) is 2.22. The van der Waals surface area contributed by atoms with Crippen molar-refractivity contribution >= 4 is 21.6 Å². The van der Waals surface area contributed by atoms with Gasteiger partial charge in [0.05, 0.1) is 0 Å². The van der Waals surface area contributed by atoms with E-state index < -0.39 is 0 Å². The Kier molecular flexibility index (Phi) is 5.95. The van der Waals surface area contributed by atoms with E-state index in [4.69, 9.17) is 10.5 Å². The average Bonchev–Trinajstić information content (AvgIpc) is 2.28. The van der Waals surface area contributed by atoms with Crippen molar-refractivity contribution in [2.24, 2.45) is 5.73 Å². The minimum Gasteiger partial charge on any atom is -0.385 e. The molecule has 2 N–H and O–H groups in total. The van der Waals surface area contributed by atoms with Crippen LogP contribution in [0.3, 0.4) is 0 Å². The van der Waals surface area contributed by atoms with E-state index in [1.54, 1.807) is 7.11 Å². The number of nitrogens with two attached hydrogens (primary N) is 1. The van der Waals surface area contributed by atoms with Gasteiger partial charge in [0, 0.05) is 43.5 Å². The van der Waals surface area contributed by atoms with Crippen molar-refractivity contribution in [3.63, 3.8) is 0 Å². The summed E-state index contributed by atoms with van der Waals surface area (Å²) in [5.41, 5.74) is 8.35. The summed E-state index contributed by atoms with van der Waals surface area (Å²) in [5, 5.41) is 0. The molecule has 0 radical (unpaired) electrons. The van der Waals surface area contributed by atoms with Crippen LogP contribution >= 0.6 is 15.9 Å². The summed E-state index contributed by atoms with van der Waals surface area (Å²) in [7, 11) is 3.82. The summed E-state index contributed by atoms with van der Waals surface area (Å²) < 4.78 is 6.15. The largest absolute Gasteiger partial charge is 0.385 e. The molecule has 1 atom stereocenters. The van der Waals surface area contributed by atoms with Gasteiger partial charge in [0.2, 0.25) is 0 Å². The second kappa shape index (κ2) is 6.99. The van der Waals surface area contributed by atoms with Crippen molar-refractivity contribution in [2.45, 2.75) is 19.4 Å². The molecule has 0 saturated heterocycles. The predicted octanol–water partition coefficient (Wildman–Crippen LogP) is 2.94. The summed E-state index contributed by atoms with van der Waals surface area (Å²) >= 11 is 3.50. The molecule has 0 amide bonds. The molecular weight excluding hydrogens is 280 g/mol. The number of ether oxygens (including phenoxy) is 1. The van der Waals surface area contributed by atoms with Crippen LogP contribution in [-0.4, -0.2) is 27.3 Å². The highest BCUT2D eigenvalue weighted by Crippen LogP contribution is 2.28. The minimum atomic E-state index is 0.0444. The second-order valence-corrected chi connectivity index (χ2v) is 5.18. The lowest BCUT2D eigenvalue weighted by molar-refractivity contribution is 0.196. The van der Waals surface area contributed by atoms with E-state index in [0.29, 0.717) is 0 Å². The fourth-order valence-corrected chi connectivity index (χ4v) is 2.15. The molecule has 0 fully saturated rings. The van der Waals surface area contributed by atoms with Crippen molar-refractivity contribution in [1.82, 2.24) is 0 Å². The molecule has 0 aliphatic heterocycles. The maximum Gasteiger partial charge on any atom is 0.0479 e. The molecule has 1 unspecified atom stereocenters. The molecule has 3 nitrogen and oxygen atoms in total. The van der Waals surface area contributed by atoms with Crippen LogP contribution in [0.1, 0.15) is 24.9 Å². The van der Waals surface area contributed by atoms with E-state index in [2.05, 4.69) is 40.0 Å². The molecule has 1 aromatic rings. The van der Waals surface area contributed by atoms with Gasteiger partial charge in [-0.2, -0.15) is 0 Å². The molecular formula is C13H21BrN2O. The minimum absolute atomic E-state index is 0.0444. The summed E-state index contributed by atoms with van der Waals surface area (Å²) in [6.07, 6.45) is 1.01. The maximum atomic E-state index is 5.99. The van der Waals surface area contributed by atoms with E-state index in [1.807, 2.05) is 13.0 Å². The lowest BCUT2D eigenvalue weighted by Gasteiger charge is -2.24. The Hall–Kier alpha value is -0.580. The van der Waals surface area contributed by atoms with Crippen LogP contribution in [0.25, 0.3) is 0 Å². The number of methoxy groups -OCH3 is 1. The van der Waals surface area contributed by atoms with Gasteiger partial charge in [-0.3, -0.25) is 0 Å². The molecule has 0 heterocycles. The van der Waals surface area contributed by atoms with Crippen molar-refractivity contribution in [1.29, 1.82) is 0 Å². The highest BCUT2D eigenvalue weighted by molar-refractivity contribution is 9.10. The zero-order valence-corrected chi connectivity index (χ0v) is 12.3. The van der Waals surface area contributed by atoms with Gasteiger partial charge in [0.25, 0.3) is 0 Å². The predicted molar refractivity (Wildman–Crippen MR) is 76.5 cm³/mol. The number of hydrogen-bond acceptors (Lipinski definition) is 3. The fourth-order valence-electron chi connectivity index (χ4n) is 1.80. The van der Waals surface area contributed by atoms with Crippen LogP contribution in [0, 0.1) is 0 Å². The number of halogens is 1. The number of anilines is 1. The van der Waals surface area contributed by atoms with Gasteiger partial charge in [-0.1, -0.05) is 22.0 Å². The van der Waals surface area contributed by atoms with Gasteiger partial charge < -0.3 is 15.4 Å². The van der Waals surface area contributed by atoms with Gasteiger partial charge in [0.1, 0.15) is 0 Å². The quantitative estimate of drug-likeness (QED) is 0.821. The molecule has 0 spiro atoms. The Labute approximate surface area is 112 Å². The van der Waals surface area contributed by atoms with Crippen molar-refractivity contribution < 1.29 is 4.74 Å². The van der Waals surface area contributed by atoms with Crippen molar-refractivity contribution in [3.05, 3.63) is 28.2 Å². The highest BCUT2D eigenvalue weighted by Gasteiger charge is 2.11. The fraction of sp³-hybridized carbons (Fsp3) is 0.538. The van der Waals surface area contributed by atoms with E-state index in [1.165, 1.54) is 11.3 Å². The first-order valence-electron chi connectivity index (χ1n) is 5.81. The molecule has 0 bridgehead atoms. The first kappa shape index (κ1) is 14.5. The zero-order valence-electron chi connectivity index (χ0n) is 10.7. The molecule has 0 aliphatic carbocycles. The van der Waals surface area contributed by atoms with Crippen LogP contribution in [-0.2, 0) is 4.74 Å². The number of nitrogens with zero attached hydrogens (tertiary/aromatic N) is 1. The Balaban J connectivity index is 2.82. The highest BCUT2D eigenvalue weighted by atomic mass is 79.9. The molecule has 1 rings (SSSR count). The lowest BCUT2D eigenvalue weighted by Crippen LogP contribution is -2.22. The zero-order chi connectivity index (χ0) is 12.8. The van der Waals surface area contributed by atoms with E-state index in [0.717, 1.165) is 24.0 Å². The van der Waals surface area contributed by atoms with Gasteiger partial charge in [-0.15, -0.1) is 0 Å². The van der Waals surface area contributed by atoms with Crippen LogP contribution < -0.4 is 10.6 Å². The van der Waals surface area contributed by atoms with Crippen molar-refractivity contribution in [3.8, 4) is 0 Å². The standard InChI is InChI=1S/C13H21BrN2O/c1-10(15)12-6-5-11(14)9-13(12)16(2)7-4-8-17-3/h5-6,9-10H,4,7-8,15H2,1-3H3. The van der Waals surface area contributed by atoms with Crippen molar-refractivity contribution in [2.75, 3.05) is 32.2 Å². The third-order valence-electron chi connectivity index (χ3n) is 2.74. The molecule has 0 aliphatic rings. The SMILES string of the molecule is COCCCN(C)c1cc(Br)ccc1C(C)N. The van der Waals surface area contributed by atoms with E-state index >= 15 is 0 Å². The summed E-state index contributed by atoms with van der Waals surface area (Å²) in [6, 6.07) is 6.27. The Bertz CT molecular complexity index is 355. The Morgan fingerprint density at radius 1 is 1.47 bits per heavy atom. The second-order valence-electron chi connectivity index (χ2n) is 4.26. The lowest BCUT2D eigenvalue weighted by atomic mass is 10.1. The Morgan fingerprint density at radius 3 is 2.76 bits per heavy atom. The van der Waals surface area contributed by atoms with E-state index in [9.17, 15) is 0 Å². The smallest absolute Gasteiger partial charge is 0.0479 e. The first-order chi connectivity index (χ1) is 8.06. The third kappa shape index (κ3) is 4.30. The first-order valence-corrected chi connectivity index (χ1v) is 6.60. The Morgan fingerprint density at radius 2 is 2.18 bits per heavy atom. The monoisotopic (exact) mass is 300 g/mol. The molecule has 4 heteroatoms. The molecule has 17 heavy (non-hydrogen) atoms. The van der Waals surface area contributed by atoms with Gasteiger partial charge >= 0.3 is 0 Å². The maximum absolute atomic E-state index is 5.99. The number of benzene rings is 1. The average molecular weight is 301 g/mol. The number of hydrogen-bond donors (Lipinski definition) is 1. The van der Waals surface area contributed by atoms with Crippen LogP contribution in [0.15, 0.2) is 22.7 Å². The van der Waals surface area contributed by atoms with Gasteiger partial charge in [-0.25, -0.2) is 0 Å². The topological polar surface area (TPSA) is 38.5 Å². The van der Waals surface area contributed by atoms with E-state index in [-0.39, 0.29) is 6.04 Å². The summed E-state index contributed by atoms with van der Waals surface area (Å²) in [6.45, 7) is 3.76. The molecule has 1 aromatic carbocycles. The molecule has 0 aromatic heterocycles. The summed E-state index contributed by atoms with van der Waals surface area (Å²) in [5.74, 6) is 0. The third-order valence-corrected chi connectivity index (χ3v) is 3.23.